The first kappa shape index (κ1) is 16.1. The number of aryl methyl sites for hydroxylation is 1. The summed E-state index contributed by atoms with van der Waals surface area (Å²) in [5.74, 6) is -0.212. The lowest BCUT2D eigenvalue weighted by atomic mass is 10.0. The fourth-order valence-corrected chi connectivity index (χ4v) is 2.01. The highest BCUT2D eigenvalue weighted by Crippen LogP contribution is 2.30. The summed E-state index contributed by atoms with van der Waals surface area (Å²) >= 11 is 0. The molecule has 0 heterocycles. The van der Waals surface area contributed by atoms with Crippen molar-refractivity contribution < 1.29 is 18.4 Å². The molecular formula is C13H18F3N3O. The van der Waals surface area contributed by atoms with E-state index in [1.807, 2.05) is 0 Å². The first-order valence-corrected chi connectivity index (χ1v) is 6.08. The number of halogens is 3. The predicted octanol–water partition coefficient (Wildman–Crippen LogP) is 2.87. The summed E-state index contributed by atoms with van der Waals surface area (Å²) in [5.41, 5.74) is 6.80. The van der Waals surface area contributed by atoms with Crippen molar-refractivity contribution in [1.29, 1.82) is 0 Å². The van der Waals surface area contributed by atoms with Gasteiger partial charge in [-0.05, 0) is 32.4 Å². The number of nitrogens with two attached hydrogens (primary N) is 1. The molecule has 112 valence electrons. The Hall–Kier alpha value is -1.92. The number of amidine groups is 1. The maximum Gasteiger partial charge on any atom is 0.405 e. The van der Waals surface area contributed by atoms with Crippen LogP contribution in [0.2, 0.25) is 0 Å². The van der Waals surface area contributed by atoms with Gasteiger partial charge in [-0.2, -0.15) is 13.2 Å². The van der Waals surface area contributed by atoms with E-state index in [1.165, 1.54) is 11.0 Å². The van der Waals surface area contributed by atoms with E-state index in [-0.39, 0.29) is 17.4 Å². The van der Waals surface area contributed by atoms with Crippen molar-refractivity contribution in [3.63, 3.8) is 0 Å². The zero-order valence-electron chi connectivity index (χ0n) is 11.6. The lowest BCUT2D eigenvalue weighted by molar-refractivity contribution is -0.120. The molecule has 0 aliphatic rings. The largest absolute Gasteiger partial charge is 0.409 e. The van der Waals surface area contributed by atoms with Gasteiger partial charge in [0.2, 0.25) is 0 Å². The fourth-order valence-electron chi connectivity index (χ4n) is 2.01. The molecule has 0 unspecified atom stereocenters. The number of para-hydroxylation sites is 1. The van der Waals surface area contributed by atoms with Gasteiger partial charge in [0, 0.05) is 11.6 Å². The molecule has 4 nitrogen and oxygen atoms in total. The first-order valence-electron chi connectivity index (χ1n) is 6.08. The van der Waals surface area contributed by atoms with Crippen LogP contribution >= 0.6 is 0 Å². The Morgan fingerprint density at radius 1 is 1.40 bits per heavy atom. The Morgan fingerprint density at radius 3 is 2.45 bits per heavy atom. The SMILES string of the molecule is Cc1cccc(/C(N)=N/O)c1N(CC(F)(F)F)C(C)C. The first-order chi connectivity index (χ1) is 9.17. The van der Waals surface area contributed by atoms with Crippen molar-refractivity contribution in [3.8, 4) is 0 Å². The van der Waals surface area contributed by atoms with Crippen LogP contribution in [0.4, 0.5) is 18.9 Å². The zero-order valence-corrected chi connectivity index (χ0v) is 11.6. The highest BCUT2D eigenvalue weighted by Gasteiger charge is 2.33. The zero-order chi connectivity index (χ0) is 15.5. The van der Waals surface area contributed by atoms with E-state index < -0.39 is 12.7 Å². The van der Waals surface area contributed by atoms with Crippen molar-refractivity contribution in [1.82, 2.24) is 0 Å². The standard InChI is InChI=1S/C13H18F3N3O/c1-8(2)19(7-13(14,15)16)11-9(3)5-4-6-10(11)12(17)18-20/h4-6,8,20H,7H2,1-3H3,(H2,17,18). The molecule has 0 aliphatic heterocycles. The van der Waals surface area contributed by atoms with Crippen LogP contribution in [0.1, 0.15) is 25.0 Å². The average Bonchev–Trinajstić information content (AvgIpc) is 2.33. The van der Waals surface area contributed by atoms with Gasteiger partial charge in [-0.15, -0.1) is 0 Å². The van der Waals surface area contributed by atoms with Crippen LogP contribution in [-0.4, -0.2) is 29.8 Å². The van der Waals surface area contributed by atoms with E-state index in [4.69, 9.17) is 10.9 Å². The Morgan fingerprint density at radius 2 is 2.00 bits per heavy atom. The van der Waals surface area contributed by atoms with E-state index >= 15 is 0 Å². The van der Waals surface area contributed by atoms with Gasteiger partial charge in [0.05, 0.1) is 5.69 Å². The number of anilines is 1. The Balaban J connectivity index is 3.40. The van der Waals surface area contributed by atoms with E-state index in [0.29, 0.717) is 11.3 Å². The molecule has 0 saturated heterocycles. The number of benzene rings is 1. The van der Waals surface area contributed by atoms with Crippen LogP contribution in [0.5, 0.6) is 0 Å². The molecule has 0 atom stereocenters. The molecule has 0 bridgehead atoms. The number of nitrogens with zero attached hydrogens (tertiary/aromatic N) is 2. The van der Waals surface area contributed by atoms with Crippen molar-refractivity contribution in [3.05, 3.63) is 29.3 Å². The minimum atomic E-state index is -4.34. The summed E-state index contributed by atoms with van der Waals surface area (Å²) < 4.78 is 38.2. The summed E-state index contributed by atoms with van der Waals surface area (Å²) in [5, 5.41) is 11.7. The van der Waals surface area contributed by atoms with E-state index in [2.05, 4.69) is 5.16 Å². The molecule has 0 amide bonds. The topological polar surface area (TPSA) is 61.9 Å². The summed E-state index contributed by atoms with van der Waals surface area (Å²) in [6.45, 7) is 3.92. The normalized spacial score (nSPS) is 12.8. The molecule has 7 heteroatoms. The van der Waals surface area contributed by atoms with Gasteiger partial charge in [-0.1, -0.05) is 17.3 Å². The average molecular weight is 289 g/mol. The quantitative estimate of drug-likeness (QED) is 0.388. The van der Waals surface area contributed by atoms with Gasteiger partial charge in [0.1, 0.15) is 6.54 Å². The van der Waals surface area contributed by atoms with Gasteiger partial charge >= 0.3 is 6.18 Å². The monoisotopic (exact) mass is 289 g/mol. The van der Waals surface area contributed by atoms with Crippen LogP contribution in [-0.2, 0) is 0 Å². The maximum absolute atomic E-state index is 12.7. The molecule has 1 rings (SSSR count). The van der Waals surface area contributed by atoms with Crippen molar-refractivity contribution in [2.24, 2.45) is 10.9 Å². The lowest BCUT2D eigenvalue weighted by Crippen LogP contribution is -2.40. The molecule has 0 fully saturated rings. The Kier molecular flexibility index (Phi) is 4.86. The maximum atomic E-state index is 12.7. The van der Waals surface area contributed by atoms with Crippen LogP contribution in [0, 0.1) is 6.92 Å². The molecule has 0 aromatic heterocycles. The smallest absolute Gasteiger partial charge is 0.405 e. The molecule has 0 radical (unpaired) electrons. The summed E-state index contributed by atoms with van der Waals surface area (Å²) in [6, 6.07) is 4.49. The molecule has 0 aliphatic carbocycles. The van der Waals surface area contributed by atoms with Crippen LogP contribution in [0.3, 0.4) is 0 Å². The minimum Gasteiger partial charge on any atom is -0.409 e. The van der Waals surface area contributed by atoms with Gasteiger partial charge in [-0.25, -0.2) is 0 Å². The van der Waals surface area contributed by atoms with Crippen molar-refractivity contribution >= 4 is 11.5 Å². The summed E-state index contributed by atoms with van der Waals surface area (Å²) in [7, 11) is 0. The number of hydrogen-bond acceptors (Lipinski definition) is 3. The Labute approximate surface area is 115 Å². The molecule has 0 saturated carbocycles. The second kappa shape index (κ2) is 6.02. The number of alkyl halides is 3. The van der Waals surface area contributed by atoms with Gasteiger partial charge in [0.25, 0.3) is 0 Å². The molecule has 1 aromatic carbocycles. The molecule has 20 heavy (non-hydrogen) atoms. The molecule has 1 aromatic rings. The van der Waals surface area contributed by atoms with Crippen molar-refractivity contribution in [2.45, 2.75) is 33.0 Å². The molecule has 3 N–H and O–H groups in total. The molecular weight excluding hydrogens is 271 g/mol. The third-order valence-corrected chi connectivity index (χ3v) is 2.88. The Bertz CT molecular complexity index is 498. The number of rotatable bonds is 4. The van der Waals surface area contributed by atoms with E-state index in [0.717, 1.165) is 0 Å². The fraction of sp³-hybridized carbons (Fsp3) is 0.462. The van der Waals surface area contributed by atoms with Crippen LogP contribution in [0.15, 0.2) is 23.4 Å². The second-order valence-electron chi connectivity index (χ2n) is 4.79. The van der Waals surface area contributed by atoms with E-state index in [1.54, 1.807) is 32.9 Å². The van der Waals surface area contributed by atoms with E-state index in [9.17, 15) is 13.2 Å². The summed E-state index contributed by atoms with van der Waals surface area (Å²) in [6.07, 6.45) is -4.34. The number of oxime groups is 1. The highest BCUT2D eigenvalue weighted by atomic mass is 19.4. The summed E-state index contributed by atoms with van der Waals surface area (Å²) in [4.78, 5) is 1.20. The van der Waals surface area contributed by atoms with Gasteiger partial charge in [0.15, 0.2) is 5.84 Å². The highest BCUT2D eigenvalue weighted by molar-refractivity contribution is 6.02. The predicted molar refractivity (Wildman–Crippen MR) is 72.2 cm³/mol. The molecule has 0 spiro atoms. The third kappa shape index (κ3) is 3.79. The minimum absolute atomic E-state index is 0.212. The lowest BCUT2D eigenvalue weighted by Gasteiger charge is -2.32. The van der Waals surface area contributed by atoms with Gasteiger partial charge in [-0.3, -0.25) is 0 Å². The second-order valence-corrected chi connectivity index (χ2v) is 4.79. The van der Waals surface area contributed by atoms with Crippen molar-refractivity contribution in [2.75, 3.05) is 11.4 Å². The van der Waals surface area contributed by atoms with Gasteiger partial charge < -0.3 is 15.8 Å². The third-order valence-electron chi connectivity index (χ3n) is 2.88. The van der Waals surface area contributed by atoms with Crippen LogP contribution in [0.25, 0.3) is 0 Å². The number of hydrogen-bond donors (Lipinski definition) is 2. The van der Waals surface area contributed by atoms with Crippen LogP contribution < -0.4 is 10.6 Å².